The number of hydrogen-bond donors (Lipinski definition) is 2. The van der Waals surface area contributed by atoms with E-state index in [4.69, 9.17) is 0 Å². The minimum absolute atomic E-state index is 0.0199. The lowest BCUT2D eigenvalue weighted by atomic mass is 9.96. The molecule has 0 aromatic heterocycles. The Balaban J connectivity index is 1.78. The number of aliphatic hydroxyl groups is 1. The van der Waals surface area contributed by atoms with Crippen LogP contribution in [0, 0.1) is 17.8 Å². The fourth-order valence-electron chi connectivity index (χ4n) is 2.75. The number of nitrogens with zero attached hydrogens (tertiary/aromatic N) is 1. The molecule has 2 aliphatic rings. The molecule has 5 nitrogen and oxygen atoms in total. The predicted octanol–water partition coefficient (Wildman–Crippen LogP) is 0.768. The highest BCUT2D eigenvalue weighted by atomic mass is 16.3. The lowest BCUT2D eigenvalue weighted by molar-refractivity contribution is -0.138. The summed E-state index contributed by atoms with van der Waals surface area (Å²) in [5.41, 5.74) is 0. The van der Waals surface area contributed by atoms with Crippen LogP contribution < -0.4 is 5.32 Å². The third-order valence-electron chi connectivity index (χ3n) is 4.25. The number of likely N-dealkylation sites (tertiary alicyclic amines) is 1. The zero-order valence-corrected chi connectivity index (χ0v) is 12.5. The highest BCUT2D eigenvalue weighted by molar-refractivity contribution is 5.82. The highest BCUT2D eigenvalue weighted by Crippen LogP contribution is 2.32. The van der Waals surface area contributed by atoms with E-state index in [2.05, 4.69) is 5.32 Å². The van der Waals surface area contributed by atoms with Crippen LogP contribution in [0.3, 0.4) is 0 Å². The SMILES string of the molecule is CC(C)C(=O)N1CCCC(C(=O)NCC(O)C2CC2)C1. The van der Waals surface area contributed by atoms with Crippen LogP contribution in [0.25, 0.3) is 0 Å². The van der Waals surface area contributed by atoms with Crippen molar-refractivity contribution in [3.63, 3.8) is 0 Å². The summed E-state index contributed by atoms with van der Waals surface area (Å²) < 4.78 is 0. The normalized spacial score (nSPS) is 24.6. The molecule has 1 saturated heterocycles. The first-order chi connectivity index (χ1) is 9.49. The van der Waals surface area contributed by atoms with Crippen molar-refractivity contribution in [3.8, 4) is 0 Å². The van der Waals surface area contributed by atoms with Crippen molar-refractivity contribution >= 4 is 11.8 Å². The second-order valence-electron chi connectivity index (χ2n) is 6.43. The van der Waals surface area contributed by atoms with Gasteiger partial charge in [-0.15, -0.1) is 0 Å². The summed E-state index contributed by atoms with van der Waals surface area (Å²) in [6, 6.07) is 0. The first kappa shape index (κ1) is 15.3. The number of rotatable bonds is 5. The quantitative estimate of drug-likeness (QED) is 0.782. The Kier molecular flexibility index (Phi) is 5.02. The Hall–Kier alpha value is -1.10. The summed E-state index contributed by atoms with van der Waals surface area (Å²) in [4.78, 5) is 25.9. The molecular weight excluding hydrogens is 256 g/mol. The van der Waals surface area contributed by atoms with E-state index in [1.165, 1.54) is 0 Å². The topological polar surface area (TPSA) is 69.6 Å². The maximum absolute atomic E-state index is 12.1. The molecule has 0 aromatic rings. The summed E-state index contributed by atoms with van der Waals surface area (Å²) >= 11 is 0. The van der Waals surface area contributed by atoms with E-state index >= 15 is 0 Å². The van der Waals surface area contributed by atoms with Crippen LogP contribution in [0.15, 0.2) is 0 Å². The summed E-state index contributed by atoms with van der Waals surface area (Å²) in [5.74, 6) is 0.332. The minimum Gasteiger partial charge on any atom is -0.391 e. The van der Waals surface area contributed by atoms with Gasteiger partial charge in [0.2, 0.25) is 11.8 Å². The first-order valence-electron chi connectivity index (χ1n) is 7.73. The van der Waals surface area contributed by atoms with Crippen LogP contribution in [0.2, 0.25) is 0 Å². The molecule has 2 fully saturated rings. The molecule has 2 rings (SSSR count). The van der Waals surface area contributed by atoms with Gasteiger partial charge in [-0.1, -0.05) is 13.8 Å². The van der Waals surface area contributed by atoms with Gasteiger partial charge in [-0.05, 0) is 31.6 Å². The summed E-state index contributed by atoms with van der Waals surface area (Å²) in [5, 5.41) is 12.6. The zero-order valence-electron chi connectivity index (χ0n) is 12.5. The molecule has 20 heavy (non-hydrogen) atoms. The molecule has 0 spiro atoms. The maximum atomic E-state index is 12.1. The lowest BCUT2D eigenvalue weighted by Crippen LogP contribution is -2.47. The number of nitrogens with one attached hydrogen (secondary N) is 1. The number of piperidine rings is 1. The van der Waals surface area contributed by atoms with E-state index in [-0.39, 0.29) is 23.7 Å². The molecule has 114 valence electrons. The Bertz CT molecular complexity index is 366. The average Bonchev–Trinajstić information content (AvgIpc) is 3.28. The van der Waals surface area contributed by atoms with Gasteiger partial charge in [0.05, 0.1) is 12.0 Å². The molecule has 0 aromatic carbocycles. The third kappa shape index (κ3) is 3.95. The fourth-order valence-corrected chi connectivity index (χ4v) is 2.75. The van der Waals surface area contributed by atoms with Crippen LogP contribution >= 0.6 is 0 Å². The summed E-state index contributed by atoms with van der Waals surface area (Å²) in [6.07, 6.45) is 3.43. The second-order valence-corrected chi connectivity index (χ2v) is 6.43. The Labute approximate surface area is 120 Å². The summed E-state index contributed by atoms with van der Waals surface area (Å²) in [7, 11) is 0. The number of hydrogen-bond acceptors (Lipinski definition) is 3. The van der Waals surface area contributed by atoms with Gasteiger partial charge in [0.15, 0.2) is 0 Å². The van der Waals surface area contributed by atoms with E-state index in [9.17, 15) is 14.7 Å². The maximum Gasteiger partial charge on any atom is 0.225 e. The standard InChI is InChI=1S/C15H26N2O3/c1-10(2)15(20)17-7-3-4-12(9-17)14(19)16-8-13(18)11-5-6-11/h10-13,18H,3-9H2,1-2H3,(H,16,19). The molecule has 1 heterocycles. The highest BCUT2D eigenvalue weighted by Gasteiger charge is 2.32. The summed E-state index contributed by atoms with van der Waals surface area (Å²) in [6.45, 7) is 5.39. The van der Waals surface area contributed by atoms with E-state index in [0.29, 0.717) is 19.0 Å². The van der Waals surface area contributed by atoms with Gasteiger partial charge in [-0.25, -0.2) is 0 Å². The van der Waals surface area contributed by atoms with Crippen molar-refractivity contribution in [2.24, 2.45) is 17.8 Å². The molecule has 0 radical (unpaired) electrons. The van der Waals surface area contributed by atoms with Crippen LogP contribution in [0.1, 0.15) is 39.5 Å². The van der Waals surface area contributed by atoms with Crippen molar-refractivity contribution in [2.75, 3.05) is 19.6 Å². The Morgan fingerprint density at radius 2 is 2.00 bits per heavy atom. The van der Waals surface area contributed by atoms with Gasteiger partial charge in [0.1, 0.15) is 0 Å². The molecule has 0 bridgehead atoms. The monoisotopic (exact) mass is 282 g/mol. The van der Waals surface area contributed by atoms with Crippen LogP contribution in [-0.4, -0.2) is 47.6 Å². The van der Waals surface area contributed by atoms with E-state index in [1.54, 1.807) is 4.90 Å². The van der Waals surface area contributed by atoms with Crippen LogP contribution in [0.5, 0.6) is 0 Å². The number of amides is 2. The number of carbonyl (C=O) groups is 2. The number of aliphatic hydroxyl groups excluding tert-OH is 1. The lowest BCUT2D eigenvalue weighted by Gasteiger charge is -2.33. The first-order valence-corrected chi connectivity index (χ1v) is 7.73. The van der Waals surface area contributed by atoms with E-state index in [0.717, 1.165) is 32.2 Å². The van der Waals surface area contributed by atoms with Crippen molar-refractivity contribution in [1.29, 1.82) is 0 Å². The largest absolute Gasteiger partial charge is 0.391 e. The fraction of sp³-hybridized carbons (Fsp3) is 0.867. The molecule has 1 aliphatic heterocycles. The van der Waals surface area contributed by atoms with Gasteiger partial charge in [-0.2, -0.15) is 0 Å². The molecule has 2 unspecified atom stereocenters. The van der Waals surface area contributed by atoms with Crippen molar-refractivity contribution in [2.45, 2.75) is 45.6 Å². The smallest absolute Gasteiger partial charge is 0.225 e. The van der Waals surface area contributed by atoms with Crippen LogP contribution in [0.4, 0.5) is 0 Å². The van der Waals surface area contributed by atoms with Gasteiger partial charge in [-0.3, -0.25) is 9.59 Å². The predicted molar refractivity (Wildman–Crippen MR) is 75.9 cm³/mol. The van der Waals surface area contributed by atoms with Gasteiger partial charge in [0, 0.05) is 25.6 Å². The van der Waals surface area contributed by atoms with Gasteiger partial charge >= 0.3 is 0 Å². The molecule has 2 amide bonds. The molecule has 1 aliphatic carbocycles. The van der Waals surface area contributed by atoms with Crippen molar-refractivity contribution < 1.29 is 14.7 Å². The van der Waals surface area contributed by atoms with E-state index in [1.807, 2.05) is 13.8 Å². The molecule has 1 saturated carbocycles. The van der Waals surface area contributed by atoms with Crippen molar-refractivity contribution in [3.05, 3.63) is 0 Å². The van der Waals surface area contributed by atoms with E-state index < -0.39 is 6.10 Å². The second kappa shape index (κ2) is 6.57. The third-order valence-corrected chi connectivity index (χ3v) is 4.25. The zero-order chi connectivity index (χ0) is 14.7. The molecule has 2 N–H and O–H groups in total. The molecule has 5 heteroatoms. The number of carbonyl (C=O) groups excluding carboxylic acids is 2. The minimum atomic E-state index is -0.407. The van der Waals surface area contributed by atoms with Crippen molar-refractivity contribution in [1.82, 2.24) is 10.2 Å². The average molecular weight is 282 g/mol. The Morgan fingerprint density at radius 1 is 1.30 bits per heavy atom. The molecular formula is C15H26N2O3. The van der Waals surface area contributed by atoms with Crippen LogP contribution in [-0.2, 0) is 9.59 Å². The molecule has 2 atom stereocenters. The van der Waals surface area contributed by atoms with Gasteiger partial charge < -0.3 is 15.3 Å². The Morgan fingerprint density at radius 3 is 2.60 bits per heavy atom. The van der Waals surface area contributed by atoms with Gasteiger partial charge in [0.25, 0.3) is 0 Å².